The minimum absolute atomic E-state index is 0.386. The van der Waals surface area contributed by atoms with Crippen LogP contribution in [0.5, 0.6) is 5.75 Å². The Hall–Kier alpha value is -1.88. The van der Waals surface area contributed by atoms with Crippen LogP contribution in [0.25, 0.3) is 0 Å². The molecule has 2 heterocycles. The number of rotatable bonds is 4. The molecule has 0 radical (unpaired) electrons. The van der Waals surface area contributed by atoms with Gasteiger partial charge < -0.3 is 14.4 Å². The number of ether oxygens (including phenoxy) is 1. The summed E-state index contributed by atoms with van der Waals surface area (Å²) in [6.07, 6.45) is 2.81. The highest BCUT2D eigenvalue weighted by molar-refractivity contribution is 5.34. The monoisotopic (exact) mass is 273 g/mol. The number of benzene rings is 1. The maximum absolute atomic E-state index is 9.74. The van der Waals surface area contributed by atoms with Crippen molar-refractivity contribution in [3.05, 3.63) is 41.5 Å². The summed E-state index contributed by atoms with van der Waals surface area (Å²) in [6, 6.07) is 7.54. The van der Waals surface area contributed by atoms with Crippen molar-refractivity contribution in [1.82, 2.24) is 14.8 Å². The number of aromatic nitrogens is 3. The van der Waals surface area contributed by atoms with E-state index in [1.165, 1.54) is 12.8 Å². The van der Waals surface area contributed by atoms with Gasteiger partial charge in [-0.15, -0.1) is 10.2 Å². The van der Waals surface area contributed by atoms with Gasteiger partial charge in [0.25, 0.3) is 0 Å². The number of hydrogen-bond acceptors (Lipinski definition) is 4. The van der Waals surface area contributed by atoms with E-state index >= 15 is 0 Å². The minimum atomic E-state index is -0.543. The zero-order valence-electron chi connectivity index (χ0n) is 11.6. The second kappa shape index (κ2) is 5.63. The van der Waals surface area contributed by atoms with Gasteiger partial charge >= 0.3 is 0 Å². The summed E-state index contributed by atoms with van der Waals surface area (Å²) >= 11 is 0. The molecular weight excluding hydrogens is 254 g/mol. The van der Waals surface area contributed by atoms with E-state index < -0.39 is 6.10 Å². The fourth-order valence-electron chi connectivity index (χ4n) is 2.57. The van der Waals surface area contributed by atoms with E-state index in [-0.39, 0.29) is 0 Å². The molecule has 1 atom stereocenters. The first kappa shape index (κ1) is 13.1. The van der Waals surface area contributed by atoms with Crippen molar-refractivity contribution in [2.24, 2.45) is 0 Å². The number of nitrogens with zero attached hydrogens (tertiary/aromatic N) is 3. The van der Waals surface area contributed by atoms with Gasteiger partial charge in [-0.3, -0.25) is 0 Å². The van der Waals surface area contributed by atoms with Crippen molar-refractivity contribution in [2.45, 2.75) is 45.4 Å². The van der Waals surface area contributed by atoms with Crippen LogP contribution in [0.2, 0.25) is 0 Å². The van der Waals surface area contributed by atoms with Crippen molar-refractivity contribution in [3.8, 4) is 5.75 Å². The Labute approximate surface area is 118 Å². The van der Waals surface area contributed by atoms with Crippen LogP contribution >= 0.6 is 0 Å². The maximum atomic E-state index is 9.74. The van der Waals surface area contributed by atoms with Gasteiger partial charge in [0.2, 0.25) is 0 Å². The summed E-state index contributed by atoms with van der Waals surface area (Å²) in [7, 11) is 0. The number of aliphatic hydroxyl groups is 1. The number of para-hydroxylation sites is 1. The molecule has 1 aliphatic heterocycles. The minimum Gasteiger partial charge on any atom is -0.485 e. The molecule has 0 saturated heterocycles. The molecule has 5 nitrogen and oxygen atoms in total. The summed E-state index contributed by atoms with van der Waals surface area (Å²) in [5, 5.41) is 18.2. The summed E-state index contributed by atoms with van der Waals surface area (Å²) in [5.74, 6) is 2.62. The van der Waals surface area contributed by atoms with Crippen molar-refractivity contribution in [3.63, 3.8) is 0 Å². The van der Waals surface area contributed by atoms with Gasteiger partial charge in [-0.25, -0.2) is 0 Å². The third kappa shape index (κ3) is 2.54. The number of fused-ring (bicyclic) bond motifs is 1. The standard InChI is InChI=1S/C15H19N3O2/c1-11(19)12-6-2-3-7-13(12)20-10-15-17-16-14-8-4-5-9-18(14)15/h2-3,6-7,11,19H,4-5,8-10H2,1H3/t11-/m1/s1. The summed E-state index contributed by atoms with van der Waals surface area (Å²) in [5.41, 5.74) is 0.797. The zero-order chi connectivity index (χ0) is 13.9. The molecule has 0 saturated carbocycles. The van der Waals surface area contributed by atoms with Gasteiger partial charge in [0.1, 0.15) is 18.2 Å². The summed E-state index contributed by atoms with van der Waals surface area (Å²) < 4.78 is 7.97. The van der Waals surface area contributed by atoms with Gasteiger partial charge in [0.05, 0.1) is 6.10 Å². The molecule has 0 spiro atoms. The van der Waals surface area contributed by atoms with Crippen molar-refractivity contribution in [1.29, 1.82) is 0 Å². The number of hydrogen-bond donors (Lipinski definition) is 1. The molecule has 3 rings (SSSR count). The van der Waals surface area contributed by atoms with Gasteiger partial charge in [-0.1, -0.05) is 18.2 Å². The molecule has 1 N–H and O–H groups in total. The zero-order valence-corrected chi connectivity index (χ0v) is 11.6. The lowest BCUT2D eigenvalue weighted by molar-refractivity contribution is 0.189. The topological polar surface area (TPSA) is 60.2 Å². The second-order valence-electron chi connectivity index (χ2n) is 5.14. The molecule has 106 valence electrons. The molecule has 0 bridgehead atoms. The highest BCUT2D eigenvalue weighted by Gasteiger charge is 2.16. The van der Waals surface area contributed by atoms with Crippen LogP contribution in [-0.2, 0) is 19.6 Å². The predicted molar refractivity (Wildman–Crippen MR) is 74.4 cm³/mol. The van der Waals surface area contributed by atoms with E-state index in [9.17, 15) is 5.11 Å². The third-order valence-corrected chi connectivity index (χ3v) is 3.66. The second-order valence-corrected chi connectivity index (χ2v) is 5.14. The average molecular weight is 273 g/mol. The van der Waals surface area contributed by atoms with Crippen LogP contribution in [0.4, 0.5) is 0 Å². The largest absolute Gasteiger partial charge is 0.485 e. The van der Waals surface area contributed by atoms with Crippen LogP contribution in [0.15, 0.2) is 24.3 Å². The van der Waals surface area contributed by atoms with Crippen LogP contribution < -0.4 is 4.74 Å². The van der Waals surface area contributed by atoms with Crippen LogP contribution in [-0.4, -0.2) is 19.9 Å². The first-order valence-corrected chi connectivity index (χ1v) is 7.06. The Kier molecular flexibility index (Phi) is 3.69. The molecule has 5 heteroatoms. The van der Waals surface area contributed by atoms with E-state index in [4.69, 9.17) is 4.74 Å². The fraction of sp³-hybridized carbons (Fsp3) is 0.467. The lowest BCUT2D eigenvalue weighted by Crippen LogP contribution is -2.14. The van der Waals surface area contributed by atoms with Crippen molar-refractivity contribution >= 4 is 0 Å². The van der Waals surface area contributed by atoms with Gasteiger partial charge in [-0.05, 0) is 25.8 Å². The Morgan fingerprint density at radius 2 is 2.15 bits per heavy atom. The summed E-state index contributed by atoms with van der Waals surface area (Å²) in [4.78, 5) is 0. The first-order valence-electron chi connectivity index (χ1n) is 7.06. The predicted octanol–water partition coefficient (Wildman–Crippen LogP) is 2.25. The van der Waals surface area contributed by atoms with Crippen LogP contribution in [0.3, 0.4) is 0 Å². The van der Waals surface area contributed by atoms with E-state index in [0.717, 1.165) is 30.2 Å². The molecule has 2 aromatic rings. The number of aliphatic hydroxyl groups excluding tert-OH is 1. The first-order chi connectivity index (χ1) is 9.75. The van der Waals surface area contributed by atoms with Gasteiger partial charge in [0.15, 0.2) is 5.82 Å². The normalized spacial score (nSPS) is 15.7. The SMILES string of the molecule is C[C@@H](O)c1ccccc1OCc1nnc2n1CCCC2. The Morgan fingerprint density at radius 3 is 3.00 bits per heavy atom. The molecular formula is C15H19N3O2. The quantitative estimate of drug-likeness (QED) is 0.928. The maximum Gasteiger partial charge on any atom is 0.171 e. The molecule has 1 aromatic heterocycles. The fourth-order valence-corrected chi connectivity index (χ4v) is 2.57. The van der Waals surface area contributed by atoms with E-state index in [1.807, 2.05) is 24.3 Å². The molecule has 0 amide bonds. The molecule has 0 aliphatic carbocycles. The average Bonchev–Trinajstić information content (AvgIpc) is 2.88. The number of aryl methyl sites for hydroxylation is 1. The molecule has 0 unspecified atom stereocenters. The molecule has 1 aliphatic rings. The molecule has 0 fully saturated rings. The highest BCUT2D eigenvalue weighted by atomic mass is 16.5. The van der Waals surface area contributed by atoms with E-state index in [1.54, 1.807) is 6.92 Å². The lowest BCUT2D eigenvalue weighted by atomic mass is 10.1. The Balaban J connectivity index is 1.75. The highest BCUT2D eigenvalue weighted by Crippen LogP contribution is 2.25. The van der Waals surface area contributed by atoms with Gasteiger partial charge in [0, 0.05) is 18.5 Å². The molecule has 1 aromatic carbocycles. The van der Waals surface area contributed by atoms with E-state index in [2.05, 4.69) is 14.8 Å². The van der Waals surface area contributed by atoms with Crippen LogP contribution in [0.1, 0.15) is 43.1 Å². The Bertz CT molecular complexity index is 593. The lowest BCUT2D eigenvalue weighted by Gasteiger charge is -2.16. The van der Waals surface area contributed by atoms with Crippen molar-refractivity contribution in [2.75, 3.05) is 0 Å². The molecule has 20 heavy (non-hydrogen) atoms. The van der Waals surface area contributed by atoms with E-state index in [0.29, 0.717) is 12.4 Å². The summed E-state index contributed by atoms with van der Waals surface area (Å²) in [6.45, 7) is 3.09. The van der Waals surface area contributed by atoms with Crippen molar-refractivity contribution < 1.29 is 9.84 Å². The van der Waals surface area contributed by atoms with Crippen LogP contribution in [0, 0.1) is 0 Å². The van der Waals surface area contributed by atoms with Gasteiger partial charge in [-0.2, -0.15) is 0 Å². The third-order valence-electron chi connectivity index (χ3n) is 3.66. The smallest absolute Gasteiger partial charge is 0.171 e. The Morgan fingerprint density at radius 1 is 1.30 bits per heavy atom.